The van der Waals surface area contributed by atoms with Crippen LogP contribution in [0.5, 0.6) is 0 Å². The third-order valence-corrected chi connectivity index (χ3v) is 6.19. The fourth-order valence-corrected chi connectivity index (χ4v) is 4.55. The van der Waals surface area contributed by atoms with E-state index in [1.807, 2.05) is 24.3 Å². The minimum absolute atomic E-state index is 0.000233. The van der Waals surface area contributed by atoms with Crippen LogP contribution in [-0.4, -0.2) is 16.5 Å². The highest BCUT2D eigenvalue weighted by atomic mass is 79.9. The highest BCUT2D eigenvalue weighted by molar-refractivity contribution is 9.10. The van der Waals surface area contributed by atoms with E-state index in [1.165, 1.54) is 6.07 Å². The van der Waals surface area contributed by atoms with Gasteiger partial charge >= 0.3 is 6.18 Å². The molecular formula is C22H18BrClF3N3. The van der Waals surface area contributed by atoms with E-state index in [9.17, 15) is 13.2 Å². The number of nitrogens with zero attached hydrogens (tertiary/aromatic N) is 1. The molecule has 0 unspecified atom stereocenters. The quantitative estimate of drug-likeness (QED) is 0.290. The van der Waals surface area contributed by atoms with Gasteiger partial charge in [-0.25, -0.2) is 0 Å². The maximum Gasteiger partial charge on any atom is 0.418 e. The Morgan fingerprint density at radius 1 is 1.10 bits per heavy atom. The second-order valence-corrected chi connectivity index (χ2v) is 8.32. The molecule has 0 aliphatic rings. The number of hydrogen-bond donors (Lipinski definition) is 2. The van der Waals surface area contributed by atoms with E-state index in [0.717, 1.165) is 39.9 Å². The first-order chi connectivity index (χ1) is 14.3. The minimum Gasteiger partial charge on any atom is -0.354 e. The zero-order chi connectivity index (χ0) is 21.5. The molecule has 30 heavy (non-hydrogen) atoms. The normalized spacial score (nSPS) is 12.2. The van der Waals surface area contributed by atoms with Crippen molar-refractivity contribution in [1.82, 2.24) is 9.97 Å². The lowest BCUT2D eigenvalue weighted by Crippen LogP contribution is -2.05. The maximum absolute atomic E-state index is 13.7. The summed E-state index contributed by atoms with van der Waals surface area (Å²) in [5.41, 5.74) is 7.69. The minimum atomic E-state index is -4.50. The molecule has 0 bridgehead atoms. The standard InChI is InChI=1S/C22H18BrClF3N3/c23-16-8-6-14(19-12(16)5-3-11-29-19)20-13(4-1-2-10-28)18-17(24)9-7-15(21(18)30-20)22(25,26)27/h3,5-9,11,30H,1-2,4,10,28H2. The molecule has 0 amide bonds. The summed E-state index contributed by atoms with van der Waals surface area (Å²) in [4.78, 5) is 7.54. The monoisotopic (exact) mass is 495 g/mol. The van der Waals surface area contributed by atoms with Crippen LogP contribution in [0.2, 0.25) is 5.02 Å². The number of alkyl halides is 3. The Balaban J connectivity index is 2.06. The highest BCUT2D eigenvalue weighted by Crippen LogP contribution is 2.43. The molecule has 3 N–H and O–H groups in total. The second-order valence-electron chi connectivity index (χ2n) is 7.06. The van der Waals surface area contributed by atoms with E-state index in [2.05, 4.69) is 25.9 Å². The molecule has 0 aliphatic carbocycles. The van der Waals surface area contributed by atoms with Crippen molar-refractivity contribution in [2.75, 3.05) is 6.54 Å². The van der Waals surface area contributed by atoms with Crippen LogP contribution in [0.25, 0.3) is 33.1 Å². The number of hydrogen-bond acceptors (Lipinski definition) is 2. The summed E-state index contributed by atoms with van der Waals surface area (Å²) in [6.45, 7) is 0.516. The van der Waals surface area contributed by atoms with Crippen molar-refractivity contribution in [1.29, 1.82) is 0 Å². The van der Waals surface area contributed by atoms with Crippen molar-refractivity contribution in [3.8, 4) is 11.3 Å². The van der Waals surface area contributed by atoms with Gasteiger partial charge in [-0.05, 0) is 61.7 Å². The van der Waals surface area contributed by atoms with Crippen LogP contribution in [0.4, 0.5) is 13.2 Å². The molecule has 0 saturated carbocycles. The number of unbranched alkanes of at least 4 members (excludes halogenated alkanes) is 1. The summed E-state index contributed by atoms with van der Waals surface area (Å²) in [6, 6.07) is 9.81. The van der Waals surface area contributed by atoms with Crippen LogP contribution in [0.3, 0.4) is 0 Å². The van der Waals surface area contributed by atoms with E-state index < -0.39 is 11.7 Å². The Hall–Kier alpha value is -2.09. The molecule has 2 aromatic carbocycles. The molecule has 3 nitrogen and oxygen atoms in total. The van der Waals surface area contributed by atoms with Crippen molar-refractivity contribution < 1.29 is 13.2 Å². The molecule has 0 fully saturated rings. The Labute approximate surface area is 184 Å². The van der Waals surface area contributed by atoms with Crippen molar-refractivity contribution in [2.24, 2.45) is 5.73 Å². The third kappa shape index (κ3) is 3.70. The molecule has 4 aromatic rings. The number of fused-ring (bicyclic) bond motifs is 2. The number of halogens is 5. The number of aryl methyl sites for hydroxylation is 1. The molecule has 156 valence electrons. The highest BCUT2D eigenvalue weighted by Gasteiger charge is 2.35. The Bertz CT molecular complexity index is 1230. The first-order valence-corrected chi connectivity index (χ1v) is 10.6. The van der Waals surface area contributed by atoms with Gasteiger partial charge in [-0.2, -0.15) is 13.2 Å². The largest absolute Gasteiger partial charge is 0.418 e. The number of H-pyrrole nitrogens is 1. The molecule has 8 heteroatoms. The van der Waals surface area contributed by atoms with Gasteiger partial charge in [0, 0.05) is 27.0 Å². The summed E-state index contributed by atoms with van der Waals surface area (Å²) >= 11 is 9.93. The smallest absolute Gasteiger partial charge is 0.354 e. The van der Waals surface area contributed by atoms with E-state index in [-0.39, 0.29) is 10.5 Å². The number of rotatable bonds is 5. The van der Waals surface area contributed by atoms with Gasteiger partial charge in [0.25, 0.3) is 0 Å². The van der Waals surface area contributed by atoms with Gasteiger partial charge in [-0.3, -0.25) is 4.98 Å². The number of benzene rings is 2. The number of nitrogens with two attached hydrogens (primary N) is 1. The van der Waals surface area contributed by atoms with Gasteiger partial charge in [0.1, 0.15) is 0 Å². The predicted molar refractivity (Wildman–Crippen MR) is 119 cm³/mol. The Morgan fingerprint density at radius 2 is 1.90 bits per heavy atom. The fourth-order valence-electron chi connectivity index (χ4n) is 3.83. The van der Waals surface area contributed by atoms with Crippen LogP contribution in [0.15, 0.2) is 47.1 Å². The van der Waals surface area contributed by atoms with Crippen LogP contribution in [0.1, 0.15) is 24.0 Å². The molecule has 0 saturated heterocycles. The van der Waals surface area contributed by atoms with Crippen LogP contribution < -0.4 is 5.73 Å². The zero-order valence-electron chi connectivity index (χ0n) is 15.8. The predicted octanol–water partition coefficient (Wildman–Crippen LogP) is 7.10. The molecule has 2 aromatic heterocycles. The van der Waals surface area contributed by atoms with Gasteiger partial charge < -0.3 is 10.7 Å². The third-order valence-electron chi connectivity index (χ3n) is 5.18. The van der Waals surface area contributed by atoms with Crippen LogP contribution in [0, 0.1) is 0 Å². The van der Waals surface area contributed by atoms with E-state index in [1.54, 1.807) is 6.20 Å². The SMILES string of the molecule is NCCCCc1c(-c2ccc(Br)c3cccnc23)[nH]c2c(C(F)(F)F)ccc(Cl)c12. The zero-order valence-corrected chi connectivity index (χ0v) is 18.1. The molecule has 0 spiro atoms. The Morgan fingerprint density at radius 3 is 2.63 bits per heavy atom. The van der Waals surface area contributed by atoms with Crippen molar-refractivity contribution in [3.05, 3.63) is 63.2 Å². The second kappa shape index (κ2) is 8.21. The Kier molecular flexibility index (Phi) is 5.79. The van der Waals surface area contributed by atoms with Crippen molar-refractivity contribution in [2.45, 2.75) is 25.4 Å². The van der Waals surface area contributed by atoms with Crippen molar-refractivity contribution >= 4 is 49.3 Å². The summed E-state index contributed by atoms with van der Waals surface area (Å²) in [5.74, 6) is 0. The van der Waals surface area contributed by atoms with Crippen molar-refractivity contribution in [3.63, 3.8) is 0 Å². The molecular weight excluding hydrogens is 479 g/mol. The lowest BCUT2D eigenvalue weighted by molar-refractivity contribution is -0.136. The average molecular weight is 497 g/mol. The lowest BCUT2D eigenvalue weighted by Gasteiger charge is -2.10. The lowest BCUT2D eigenvalue weighted by atomic mass is 9.98. The van der Waals surface area contributed by atoms with Crippen LogP contribution in [-0.2, 0) is 12.6 Å². The number of aromatic nitrogens is 2. The topological polar surface area (TPSA) is 54.7 Å². The van der Waals surface area contributed by atoms with Crippen LogP contribution >= 0.6 is 27.5 Å². The summed E-state index contributed by atoms with van der Waals surface area (Å²) in [5, 5.41) is 1.58. The van der Waals surface area contributed by atoms with E-state index >= 15 is 0 Å². The summed E-state index contributed by atoms with van der Waals surface area (Å²) in [7, 11) is 0. The number of nitrogens with one attached hydrogen (secondary N) is 1. The van der Waals surface area contributed by atoms with Gasteiger partial charge in [-0.1, -0.05) is 33.6 Å². The molecule has 0 atom stereocenters. The first-order valence-electron chi connectivity index (χ1n) is 9.47. The molecule has 2 heterocycles. The number of aromatic amines is 1. The fraction of sp³-hybridized carbons (Fsp3) is 0.227. The summed E-state index contributed by atoms with van der Waals surface area (Å²) < 4.78 is 42.0. The average Bonchev–Trinajstić information content (AvgIpc) is 3.08. The van der Waals surface area contributed by atoms with Gasteiger partial charge in [0.15, 0.2) is 0 Å². The van der Waals surface area contributed by atoms with Gasteiger partial charge in [-0.15, -0.1) is 0 Å². The van der Waals surface area contributed by atoms with E-state index in [4.69, 9.17) is 17.3 Å². The molecule has 0 radical (unpaired) electrons. The summed E-state index contributed by atoms with van der Waals surface area (Å²) in [6.07, 6.45) is -0.770. The van der Waals surface area contributed by atoms with Gasteiger partial charge in [0.05, 0.1) is 27.3 Å². The van der Waals surface area contributed by atoms with E-state index in [0.29, 0.717) is 29.6 Å². The molecule has 0 aliphatic heterocycles. The maximum atomic E-state index is 13.7. The van der Waals surface area contributed by atoms with Gasteiger partial charge in [0.2, 0.25) is 0 Å². The number of pyridine rings is 1. The molecule has 4 rings (SSSR count). The first kappa shape index (κ1) is 21.2.